The molecule has 162 valence electrons. The van der Waals surface area contributed by atoms with E-state index in [2.05, 4.69) is 25.0 Å². The molecule has 0 bridgehead atoms. The first-order valence-corrected chi connectivity index (χ1v) is 11.7. The highest BCUT2D eigenvalue weighted by atomic mass is 32.2. The molecule has 8 nitrogen and oxygen atoms in total. The number of carbonyl (C=O) groups excluding carboxylic acids is 1. The first-order valence-electron chi connectivity index (χ1n) is 9.92. The van der Waals surface area contributed by atoms with Crippen LogP contribution in [0.2, 0.25) is 0 Å². The van der Waals surface area contributed by atoms with Gasteiger partial charge in [0.2, 0.25) is 5.88 Å². The molecule has 0 radical (unpaired) electrons. The van der Waals surface area contributed by atoms with Gasteiger partial charge in [-0.25, -0.2) is 9.97 Å². The van der Waals surface area contributed by atoms with E-state index in [4.69, 9.17) is 9.47 Å². The monoisotopic (exact) mass is 457 g/mol. The quantitative estimate of drug-likeness (QED) is 0.428. The molecule has 2 aromatic heterocycles. The molecule has 3 aromatic rings. The predicted octanol–water partition coefficient (Wildman–Crippen LogP) is 4.55. The van der Waals surface area contributed by atoms with Gasteiger partial charge in [0.05, 0.1) is 30.4 Å². The molecule has 1 aliphatic rings. The van der Waals surface area contributed by atoms with Crippen molar-refractivity contribution in [3.05, 3.63) is 47.7 Å². The van der Waals surface area contributed by atoms with E-state index in [9.17, 15) is 4.79 Å². The molecule has 10 heteroatoms. The number of methoxy groups -OCH3 is 1. The van der Waals surface area contributed by atoms with E-state index in [-0.39, 0.29) is 5.91 Å². The highest BCUT2D eigenvalue weighted by Gasteiger charge is 2.25. The van der Waals surface area contributed by atoms with Crippen LogP contribution in [0.1, 0.15) is 31.6 Å². The van der Waals surface area contributed by atoms with E-state index < -0.39 is 6.10 Å². The Morgan fingerprint density at radius 2 is 2.06 bits per heavy atom. The van der Waals surface area contributed by atoms with Crippen molar-refractivity contribution in [2.75, 3.05) is 23.8 Å². The van der Waals surface area contributed by atoms with Crippen molar-refractivity contribution < 1.29 is 14.3 Å². The Morgan fingerprint density at radius 3 is 2.77 bits per heavy atom. The second kappa shape index (κ2) is 10.1. The largest absolute Gasteiger partial charge is 0.477 e. The number of hydrogen-bond donors (Lipinski definition) is 2. The molecule has 0 spiro atoms. The van der Waals surface area contributed by atoms with Gasteiger partial charge >= 0.3 is 0 Å². The number of ether oxygens (including phenoxy) is 2. The number of carbonyl (C=O) groups is 1. The van der Waals surface area contributed by atoms with Gasteiger partial charge in [0.1, 0.15) is 0 Å². The predicted molar refractivity (Wildman–Crippen MR) is 123 cm³/mol. The lowest BCUT2D eigenvalue weighted by Gasteiger charge is -2.13. The van der Waals surface area contributed by atoms with Gasteiger partial charge in [0.25, 0.3) is 5.91 Å². The summed E-state index contributed by atoms with van der Waals surface area (Å²) in [4.78, 5) is 25.8. The van der Waals surface area contributed by atoms with Crippen LogP contribution >= 0.6 is 23.3 Å². The van der Waals surface area contributed by atoms with Gasteiger partial charge in [-0.15, -0.1) is 11.3 Å². The van der Waals surface area contributed by atoms with Crippen molar-refractivity contribution in [1.82, 2.24) is 15.0 Å². The van der Waals surface area contributed by atoms with Gasteiger partial charge in [-0.05, 0) is 43.8 Å². The number of nitrogens with one attached hydrogen (secondary N) is 2. The molecular formula is C21H23N5O3S2. The fourth-order valence-corrected chi connectivity index (χ4v) is 4.36. The van der Waals surface area contributed by atoms with Gasteiger partial charge in [-0.3, -0.25) is 9.78 Å². The summed E-state index contributed by atoms with van der Waals surface area (Å²) >= 11 is 3.15. The number of amides is 1. The fourth-order valence-electron chi connectivity index (χ4n) is 2.77. The summed E-state index contributed by atoms with van der Waals surface area (Å²) in [6.45, 7) is 2.43. The number of rotatable bonds is 10. The Balaban J connectivity index is 1.39. The molecule has 2 heterocycles. The van der Waals surface area contributed by atoms with E-state index in [0.717, 1.165) is 10.7 Å². The zero-order valence-corrected chi connectivity index (χ0v) is 18.8. The van der Waals surface area contributed by atoms with Crippen LogP contribution in [-0.2, 0) is 9.53 Å². The van der Waals surface area contributed by atoms with Crippen LogP contribution < -0.4 is 14.8 Å². The Labute approximate surface area is 189 Å². The molecule has 1 saturated carbocycles. The lowest BCUT2D eigenvalue weighted by molar-refractivity contribution is -0.126. The number of aromatic nitrogens is 3. The standard InChI is InChI=1S/C21H23N5O3S2/c1-3-29-18-11-22-10-16(24-18)13-4-6-14(7-5-13)23-20(27)19(28-2)17-12-30-21(25-17)26-31-15-8-9-15/h4-7,10-12,15,19H,3,8-9H2,1-2H3,(H,23,27)(H,25,26). The van der Waals surface area contributed by atoms with E-state index in [1.807, 2.05) is 36.6 Å². The molecule has 1 aromatic carbocycles. The molecule has 1 aliphatic carbocycles. The van der Waals surface area contributed by atoms with Crippen LogP contribution in [0.25, 0.3) is 11.3 Å². The average Bonchev–Trinajstić information content (AvgIpc) is 3.51. The number of anilines is 2. The maximum atomic E-state index is 12.8. The van der Waals surface area contributed by atoms with Gasteiger partial charge in [0.15, 0.2) is 11.2 Å². The second-order valence-corrected chi connectivity index (χ2v) is 8.82. The normalized spacial score (nSPS) is 14.1. The SMILES string of the molecule is CCOc1cncc(-c2ccc(NC(=O)C(OC)c3csc(NSC4CC4)n3)cc2)n1. The van der Waals surface area contributed by atoms with Gasteiger partial charge in [-0.2, -0.15) is 0 Å². The van der Waals surface area contributed by atoms with Crippen LogP contribution in [0, 0.1) is 0 Å². The molecule has 2 N–H and O–H groups in total. The lowest BCUT2D eigenvalue weighted by atomic mass is 10.1. The summed E-state index contributed by atoms with van der Waals surface area (Å²) in [5, 5.41) is 6.18. The summed E-state index contributed by atoms with van der Waals surface area (Å²) < 4.78 is 14.1. The van der Waals surface area contributed by atoms with Crippen LogP contribution in [0.3, 0.4) is 0 Å². The van der Waals surface area contributed by atoms with Crippen molar-refractivity contribution in [1.29, 1.82) is 0 Å². The van der Waals surface area contributed by atoms with Gasteiger partial charge < -0.3 is 19.5 Å². The fraction of sp³-hybridized carbons (Fsp3) is 0.333. The maximum Gasteiger partial charge on any atom is 0.259 e. The van der Waals surface area contributed by atoms with Crippen LogP contribution in [0.4, 0.5) is 10.8 Å². The van der Waals surface area contributed by atoms with Crippen molar-refractivity contribution in [2.45, 2.75) is 31.1 Å². The highest BCUT2D eigenvalue weighted by Crippen LogP contribution is 2.35. The Bertz CT molecular complexity index is 1020. The Hall–Kier alpha value is -2.69. The zero-order chi connectivity index (χ0) is 21.6. The third kappa shape index (κ3) is 5.72. The summed E-state index contributed by atoms with van der Waals surface area (Å²) in [6.07, 6.45) is 4.94. The number of hydrogen-bond acceptors (Lipinski definition) is 9. The maximum absolute atomic E-state index is 12.8. The zero-order valence-electron chi connectivity index (χ0n) is 17.2. The highest BCUT2D eigenvalue weighted by molar-refractivity contribution is 8.01. The van der Waals surface area contributed by atoms with Crippen molar-refractivity contribution >= 4 is 40.0 Å². The second-order valence-electron chi connectivity index (χ2n) is 6.85. The topological polar surface area (TPSA) is 98.3 Å². The molecule has 0 aliphatic heterocycles. The van der Waals surface area contributed by atoms with Crippen molar-refractivity contribution in [3.8, 4) is 17.1 Å². The summed E-state index contributed by atoms with van der Waals surface area (Å²) in [5.74, 6) is 0.202. The number of benzene rings is 1. The van der Waals surface area contributed by atoms with Gasteiger partial charge in [-0.1, -0.05) is 12.1 Å². The first kappa shape index (κ1) is 21.5. The van der Waals surface area contributed by atoms with E-state index in [1.165, 1.54) is 31.3 Å². The molecule has 0 saturated heterocycles. The first-order chi connectivity index (χ1) is 15.2. The van der Waals surface area contributed by atoms with Crippen LogP contribution in [0.5, 0.6) is 5.88 Å². The van der Waals surface area contributed by atoms with E-state index in [1.54, 1.807) is 24.3 Å². The molecule has 4 rings (SSSR count). The molecule has 1 atom stereocenters. The minimum Gasteiger partial charge on any atom is -0.477 e. The van der Waals surface area contributed by atoms with Gasteiger partial charge in [0, 0.05) is 29.0 Å². The average molecular weight is 458 g/mol. The minimum atomic E-state index is -0.786. The van der Waals surface area contributed by atoms with Crippen molar-refractivity contribution in [2.24, 2.45) is 0 Å². The molecule has 1 amide bonds. The molecule has 1 unspecified atom stereocenters. The Morgan fingerprint density at radius 1 is 1.26 bits per heavy atom. The van der Waals surface area contributed by atoms with Crippen LogP contribution in [-0.4, -0.2) is 39.8 Å². The lowest BCUT2D eigenvalue weighted by Crippen LogP contribution is -2.22. The van der Waals surface area contributed by atoms with E-state index in [0.29, 0.717) is 34.8 Å². The van der Waals surface area contributed by atoms with Crippen LogP contribution in [0.15, 0.2) is 42.0 Å². The smallest absolute Gasteiger partial charge is 0.259 e. The number of nitrogens with zero attached hydrogens (tertiary/aromatic N) is 3. The third-order valence-corrected chi connectivity index (χ3v) is 6.48. The molecule has 31 heavy (non-hydrogen) atoms. The summed E-state index contributed by atoms with van der Waals surface area (Å²) in [5.41, 5.74) is 2.81. The minimum absolute atomic E-state index is 0.278. The summed E-state index contributed by atoms with van der Waals surface area (Å²) in [6, 6.07) is 7.37. The van der Waals surface area contributed by atoms with E-state index >= 15 is 0 Å². The Kier molecular flexibility index (Phi) is 7.00. The molecular weight excluding hydrogens is 434 g/mol. The van der Waals surface area contributed by atoms with Crippen molar-refractivity contribution in [3.63, 3.8) is 0 Å². The third-order valence-electron chi connectivity index (χ3n) is 4.45. The summed E-state index contributed by atoms with van der Waals surface area (Å²) in [7, 11) is 1.50. The number of thiazole rings is 1. The molecule has 1 fully saturated rings.